The van der Waals surface area contributed by atoms with Crippen molar-refractivity contribution in [1.29, 1.82) is 0 Å². The molecule has 0 unspecified atom stereocenters. The van der Waals surface area contributed by atoms with E-state index in [9.17, 15) is 4.79 Å². The minimum atomic E-state index is -0.0833. The largest absolute Gasteiger partial charge is 0.383 e. The maximum Gasteiger partial charge on any atom is 0.261 e. The van der Waals surface area contributed by atoms with E-state index >= 15 is 0 Å². The molecule has 0 atom stereocenters. The number of carbonyl (C=O) groups is 1. The van der Waals surface area contributed by atoms with Crippen LogP contribution in [0.3, 0.4) is 0 Å². The van der Waals surface area contributed by atoms with Crippen molar-refractivity contribution in [2.75, 3.05) is 20.3 Å². The highest BCUT2D eigenvalue weighted by atomic mass is 32.1. The molecule has 0 saturated carbocycles. The Morgan fingerprint density at radius 1 is 1.47 bits per heavy atom. The van der Waals surface area contributed by atoms with Crippen LogP contribution in [0.4, 0.5) is 0 Å². The zero-order chi connectivity index (χ0) is 13.8. The van der Waals surface area contributed by atoms with Crippen LogP contribution in [-0.4, -0.2) is 31.3 Å². The summed E-state index contributed by atoms with van der Waals surface area (Å²) in [7, 11) is 1.60. The molecule has 1 amide bonds. The Morgan fingerprint density at radius 3 is 2.89 bits per heavy atom. The molecular weight excluding hydrogens is 264 g/mol. The van der Waals surface area contributed by atoms with Gasteiger partial charge in [-0.15, -0.1) is 11.3 Å². The van der Waals surface area contributed by atoms with Gasteiger partial charge in [0.05, 0.1) is 22.7 Å². The maximum atomic E-state index is 11.9. The molecular formula is C13H16N2O3S. The van der Waals surface area contributed by atoms with Crippen LogP contribution in [0.25, 0.3) is 10.4 Å². The summed E-state index contributed by atoms with van der Waals surface area (Å²) >= 11 is 1.43. The molecule has 0 aliphatic heterocycles. The normalized spacial score (nSPS) is 10.7. The van der Waals surface area contributed by atoms with Gasteiger partial charge in [-0.05, 0) is 26.0 Å². The molecule has 0 aliphatic rings. The van der Waals surface area contributed by atoms with Crippen LogP contribution in [0.5, 0.6) is 0 Å². The molecule has 19 heavy (non-hydrogen) atoms. The number of methoxy groups -OCH3 is 1. The van der Waals surface area contributed by atoms with Crippen LogP contribution in [0.15, 0.2) is 16.7 Å². The van der Waals surface area contributed by atoms with Gasteiger partial charge >= 0.3 is 0 Å². The number of hydrogen-bond acceptors (Lipinski definition) is 5. The molecule has 0 bridgehead atoms. The first-order valence-corrected chi connectivity index (χ1v) is 6.75. The summed E-state index contributed by atoms with van der Waals surface area (Å²) < 4.78 is 10.0. The molecule has 2 rings (SSSR count). The Balaban J connectivity index is 2.13. The SMILES string of the molecule is COCCNC(=O)c1ccc(-c2c(C)noc2C)s1. The maximum absolute atomic E-state index is 11.9. The minimum absolute atomic E-state index is 0.0833. The summed E-state index contributed by atoms with van der Waals surface area (Å²) in [5.74, 6) is 0.686. The van der Waals surface area contributed by atoms with E-state index in [1.165, 1.54) is 11.3 Å². The first kappa shape index (κ1) is 13.8. The lowest BCUT2D eigenvalue weighted by molar-refractivity contribution is 0.0941. The number of nitrogens with zero attached hydrogens (tertiary/aromatic N) is 1. The number of nitrogens with one attached hydrogen (secondary N) is 1. The summed E-state index contributed by atoms with van der Waals surface area (Å²) in [6.45, 7) is 4.78. The minimum Gasteiger partial charge on any atom is -0.383 e. The average molecular weight is 280 g/mol. The molecule has 0 aliphatic carbocycles. The molecule has 6 heteroatoms. The Kier molecular flexibility index (Phi) is 4.34. The van der Waals surface area contributed by atoms with Crippen LogP contribution >= 0.6 is 11.3 Å². The number of thiophene rings is 1. The summed E-state index contributed by atoms with van der Waals surface area (Å²) in [5.41, 5.74) is 1.81. The molecule has 0 fully saturated rings. The van der Waals surface area contributed by atoms with Gasteiger partial charge in [-0.3, -0.25) is 4.79 Å². The highest BCUT2D eigenvalue weighted by Crippen LogP contribution is 2.32. The van der Waals surface area contributed by atoms with Crippen molar-refractivity contribution in [3.63, 3.8) is 0 Å². The number of aromatic nitrogens is 1. The first-order valence-electron chi connectivity index (χ1n) is 5.93. The zero-order valence-corrected chi connectivity index (χ0v) is 12.0. The van der Waals surface area contributed by atoms with E-state index in [0.29, 0.717) is 18.0 Å². The number of aryl methyl sites for hydroxylation is 2. The van der Waals surface area contributed by atoms with Crippen molar-refractivity contribution in [3.05, 3.63) is 28.5 Å². The van der Waals surface area contributed by atoms with Gasteiger partial charge in [-0.25, -0.2) is 0 Å². The Hall–Kier alpha value is -1.66. The number of rotatable bonds is 5. The van der Waals surface area contributed by atoms with E-state index in [4.69, 9.17) is 9.26 Å². The van der Waals surface area contributed by atoms with Crippen molar-refractivity contribution in [3.8, 4) is 10.4 Å². The average Bonchev–Trinajstić information content (AvgIpc) is 2.97. The molecule has 0 spiro atoms. The zero-order valence-electron chi connectivity index (χ0n) is 11.1. The van der Waals surface area contributed by atoms with Crippen molar-refractivity contribution >= 4 is 17.2 Å². The van der Waals surface area contributed by atoms with Crippen LogP contribution in [0.2, 0.25) is 0 Å². The van der Waals surface area contributed by atoms with Gasteiger partial charge in [0, 0.05) is 18.5 Å². The molecule has 102 valence electrons. The van der Waals surface area contributed by atoms with Gasteiger partial charge in [-0.1, -0.05) is 5.16 Å². The predicted octanol–water partition coefficient (Wildman–Crippen LogP) is 2.40. The summed E-state index contributed by atoms with van der Waals surface area (Å²) in [5, 5.41) is 6.72. The van der Waals surface area contributed by atoms with Gasteiger partial charge < -0.3 is 14.6 Å². The fourth-order valence-electron chi connectivity index (χ4n) is 1.78. The standard InChI is InChI=1S/C13H16N2O3S/c1-8-12(9(2)18-15-8)10-4-5-11(19-10)13(16)14-6-7-17-3/h4-5H,6-7H2,1-3H3,(H,14,16). The van der Waals surface area contributed by atoms with E-state index in [-0.39, 0.29) is 5.91 Å². The summed E-state index contributed by atoms with van der Waals surface area (Å²) in [6, 6.07) is 3.73. The van der Waals surface area contributed by atoms with Gasteiger partial charge in [-0.2, -0.15) is 0 Å². The van der Waals surface area contributed by atoms with Crippen LogP contribution in [0, 0.1) is 13.8 Å². The number of hydrogen-bond donors (Lipinski definition) is 1. The van der Waals surface area contributed by atoms with E-state index in [1.54, 1.807) is 7.11 Å². The molecule has 0 aromatic carbocycles. The molecule has 2 aromatic rings. The van der Waals surface area contributed by atoms with Crippen LogP contribution < -0.4 is 5.32 Å². The molecule has 0 saturated heterocycles. The second-order valence-corrected chi connectivity index (χ2v) is 5.20. The Bertz CT molecular complexity index is 555. The van der Waals surface area contributed by atoms with Crippen molar-refractivity contribution in [2.24, 2.45) is 0 Å². The topological polar surface area (TPSA) is 64.4 Å². The van der Waals surface area contributed by atoms with E-state index < -0.39 is 0 Å². The second-order valence-electron chi connectivity index (χ2n) is 4.11. The van der Waals surface area contributed by atoms with Gasteiger partial charge in [0.25, 0.3) is 5.91 Å². The molecule has 1 N–H and O–H groups in total. The summed E-state index contributed by atoms with van der Waals surface area (Å²) in [4.78, 5) is 13.5. The third-order valence-corrected chi connectivity index (χ3v) is 3.80. The van der Waals surface area contributed by atoms with Crippen LogP contribution in [-0.2, 0) is 4.74 Å². The lowest BCUT2D eigenvalue weighted by atomic mass is 10.2. The first-order chi connectivity index (χ1) is 9.13. The lowest BCUT2D eigenvalue weighted by Gasteiger charge is -2.01. The molecule has 2 aromatic heterocycles. The fraction of sp³-hybridized carbons (Fsp3) is 0.385. The molecule has 5 nitrogen and oxygen atoms in total. The summed E-state index contributed by atoms with van der Waals surface area (Å²) in [6.07, 6.45) is 0. The third kappa shape index (κ3) is 3.02. The third-order valence-electron chi connectivity index (χ3n) is 2.70. The highest BCUT2D eigenvalue weighted by molar-refractivity contribution is 7.17. The smallest absolute Gasteiger partial charge is 0.261 e. The monoisotopic (exact) mass is 280 g/mol. The highest BCUT2D eigenvalue weighted by Gasteiger charge is 2.15. The second kappa shape index (κ2) is 5.99. The van der Waals surface area contributed by atoms with E-state index in [1.807, 2.05) is 26.0 Å². The Morgan fingerprint density at radius 2 is 2.26 bits per heavy atom. The van der Waals surface area contributed by atoms with Crippen molar-refractivity contribution in [1.82, 2.24) is 10.5 Å². The van der Waals surface area contributed by atoms with Gasteiger partial charge in [0.2, 0.25) is 0 Å². The van der Waals surface area contributed by atoms with Gasteiger partial charge in [0.1, 0.15) is 5.76 Å². The van der Waals surface area contributed by atoms with Gasteiger partial charge in [0.15, 0.2) is 0 Å². The molecule has 2 heterocycles. The lowest BCUT2D eigenvalue weighted by Crippen LogP contribution is -2.26. The quantitative estimate of drug-likeness (QED) is 0.854. The number of ether oxygens (including phenoxy) is 1. The van der Waals surface area contributed by atoms with E-state index in [0.717, 1.165) is 21.9 Å². The molecule has 0 radical (unpaired) electrons. The van der Waals surface area contributed by atoms with Crippen molar-refractivity contribution < 1.29 is 14.1 Å². The fourth-order valence-corrected chi connectivity index (χ4v) is 2.85. The Labute approximate surface area is 115 Å². The van der Waals surface area contributed by atoms with Crippen molar-refractivity contribution in [2.45, 2.75) is 13.8 Å². The van der Waals surface area contributed by atoms with Crippen LogP contribution in [0.1, 0.15) is 21.1 Å². The number of carbonyl (C=O) groups excluding carboxylic acids is 1. The predicted molar refractivity (Wildman–Crippen MR) is 73.5 cm³/mol. The number of amides is 1. The van der Waals surface area contributed by atoms with E-state index in [2.05, 4.69) is 10.5 Å².